The maximum absolute atomic E-state index is 12.7. The third-order valence-corrected chi connectivity index (χ3v) is 5.86. The molecule has 1 amide bonds. The van der Waals surface area contributed by atoms with E-state index < -0.39 is 15.9 Å². The van der Waals surface area contributed by atoms with Crippen molar-refractivity contribution in [2.45, 2.75) is 23.3 Å². The number of hydrogen-bond donors (Lipinski definition) is 3. The summed E-state index contributed by atoms with van der Waals surface area (Å²) < 4.78 is 3.08. The lowest BCUT2D eigenvalue weighted by atomic mass is 10.0. The molecule has 0 aliphatic carbocycles. The molecular weight excluding hydrogens is 541 g/mol. The van der Waals surface area contributed by atoms with E-state index in [0.717, 1.165) is 16.7 Å². The number of halogens is 3. The van der Waals surface area contributed by atoms with Crippen LogP contribution in [0, 0.1) is 0 Å². The van der Waals surface area contributed by atoms with E-state index in [9.17, 15) is 9.59 Å². The molecule has 0 heterocycles. The van der Waals surface area contributed by atoms with Crippen molar-refractivity contribution in [3.8, 4) is 11.1 Å². The Labute approximate surface area is 230 Å². The highest BCUT2D eigenvalue weighted by molar-refractivity contribution is 7.80. The highest BCUT2D eigenvalue weighted by Crippen LogP contribution is 2.29. The van der Waals surface area contributed by atoms with Gasteiger partial charge in [0.15, 0.2) is 5.11 Å². The molecule has 1 atom stereocenters. The normalized spacial score (nSPS) is 11.8. The minimum Gasteiger partial charge on any atom is -0.462 e. The topological polar surface area (TPSA) is 79.5 Å². The second kappa shape index (κ2) is 12.9. The first-order valence-electron chi connectivity index (χ1n) is 11.0. The average Bonchev–Trinajstić information content (AvgIpc) is 2.84. The number of anilines is 1. The molecule has 10 heteroatoms. The SMILES string of the molecule is CCOC(=O)c1ccc(NC(=S)NC(NC(=O)Cc2ccc(-c3ccccc3)cc2)C(Cl)(Cl)Cl)cc1. The Morgan fingerprint density at radius 3 is 2.08 bits per heavy atom. The summed E-state index contributed by atoms with van der Waals surface area (Å²) in [6.07, 6.45) is -1.01. The van der Waals surface area contributed by atoms with Crippen LogP contribution in [0.4, 0.5) is 5.69 Å². The van der Waals surface area contributed by atoms with Crippen LogP contribution in [-0.2, 0) is 16.0 Å². The second-order valence-electron chi connectivity index (χ2n) is 7.68. The predicted molar refractivity (Wildman–Crippen MR) is 150 cm³/mol. The molecule has 1 unspecified atom stereocenters. The van der Waals surface area contributed by atoms with Crippen LogP contribution in [0.5, 0.6) is 0 Å². The Kier molecular flexibility index (Phi) is 9.96. The fourth-order valence-electron chi connectivity index (χ4n) is 3.25. The maximum Gasteiger partial charge on any atom is 0.338 e. The lowest BCUT2D eigenvalue weighted by Gasteiger charge is -2.27. The van der Waals surface area contributed by atoms with Crippen LogP contribution in [0.3, 0.4) is 0 Å². The Morgan fingerprint density at radius 2 is 1.50 bits per heavy atom. The smallest absolute Gasteiger partial charge is 0.338 e. The van der Waals surface area contributed by atoms with Gasteiger partial charge in [-0.1, -0.05) is 89.4 Å². The molecule has 0 aromatic heterocycles. The van der Waals surface area contributed by atoms with E-state index in [1.54, 1.807) is 31.2 Å². The largest absolute Gasteiger partial charge is 0.462 e. The van der Waals surface area contributed by atoms with Crippen LogP contribution < -0.4 is 16.0 Å². The standard InChI is InChI=1S/C26H24Cl3N3O3S/c1-2-35-23(34)20-12-14-21(15-13-20)30-25(36)32-24(26(27,28)29)31-22(33)16-17-8-10-19(11-9-17)18-6-4-3-5-7-18/h3-15,24H,2,16H2,1H3,(H,31,33)(H2,30,32,36). The Balaban J connectivity index is 1.57. The number of nitrogens with one attached hydrogen (secondary N) is 3. The van der Waals surface area contributed by atoms with Gasteiger partial charge in [-0.25, -0.2) is 4.79 Å². The summed E-state index contributed by atoms with van der Waals surface area (Å²) in [4.78, 5) is 24.5. The highest BCUT2D eigenvalue weighted by Gasteiger charge is 2.34. The number of ether oxygens (including phenoxy) is 1. The molecule has 3 rings (SSSR count). The number of carbonyl (C=O) groups is 2. The van der Waals surface area contributed by atoms with Crippen molar-refractivity contribution in [2.75, 3.05) is 11.9 Å². The Morgan fingerprint density at radius 1 is 0.889 bits per heavy atom. The second-order valence-corrected chi connectivity index (χ2v) is 10.5. The van der Waals surface area contributed by atoms with Gasteiger partial charge in [0.1, 0.15) is 6.17 Å². The van der Waals surface area contributed by atoms with Crippen molar-refractivity contribution < 1.29 is 14.3 Å². The van der Waals surface area contributed by atoms with E-state index in [4.69, 9.17) is 51.8 Å². The van der Waals surface area contributed by atoms with Gasteiger partial charge in [-0.2, -0.15) is 0 Å². The molecule has 3 N–H and O–H groups in total. The molecule has 0 spiro atoms. The number of hydrogen-bond acceptors (Lipinski definition) is 4. The van der Waals surface area contributed by atoms with Gasteiger partial charge in [0.05, 0.1) is 18.6 Å². The van der Waals surface area contributed by atoms with Crippen molar-refractivity contribution in [1.82, 2.24) is 10.6 Å². The molecule has 0 bridgehead atoms. The summed E-state index contributed by atoms with van der Waals surface area (Å²) in [6, 6.07) is 24.1. The van der Waals surface area contributed by atoms with Gasteiger partial charge >= 0.3 is 5.97 Å². The van der Waals surface area contributed by atoms with Gasteiger partial charge in [0.25, 0.3) is 0 Å². The Bertz CT molecular complexity index is 1190. The van der Waals surface area contributed by atoms with Gasteiger partial charge in [0, 0.05) is 5.69 Å². The number of rotatable bonds is 8. The first-order chi connectivity index (χ1) is 17.2. The summed E-state index contributed by atoms with van der Waals surface area (Å²) in [6.45, 7) is 2.02. The molecule has 3 aromatic carbocycles. The van der Waals surface area contributed by atoms with E-state index in [1.807, 2.05) is 54.6 Å². The van der Waals surface area contributed by atoms with Crippen LogP contribution in [0.1, 0.15) is 22.8 Å². The highest BCUT2D eigenvalue weighted by atomic mass is 35.6. The molecule has 0 aliphatic heterocycles. The molecule has 0 saturated carbocycles. The third kappa shape index (κ3) is 8.38. The third-order valence-electron chi connectivity index (χ3n) is 4.99. The molecule has 0 aliphatic rings. The molecule has 0 fully saturated rings. The Hall–Kier alpha value is -2.84. The summed E-state index contributed by atoms with van der Waals surface area (Å²) in [5.41, 5.74) is 3.94. The number of carbonyl (C=O) groups excluding carboxylic acids is 2. The quantitative estimate of drug-likeness (QED) is 0.137. The minimum absolute atomic E-state index is 0.0868. The lowest BCUT2D eigenvalue weighted by Crippen LogP contribution is -2.56. The van der Waals surface area contributed by atoms with Crippen LogP contribution in [-0.4, -0.2) is 33.6 Å². The van der Waals surface area contributed by atoms with Crippen LogP contribution >= 0.6 is 47.0 Å². The van der Waals surface area contributed by atoms with Crippen molar-refractivity contribution in [3.05, 3.63) is 90.0 Å². The molecule has 3 aromatic rings. The first-order valence-corrected chi connectivity index (χ1v) is 12.5. The van der Waals surface area contributed by atoms with E-state index in [1.165, 1.54) is 0 Å². The lowest BCUT2D eigenvalue weighted by molar-refractivity contribution is -0.121. The van der Waals surface area contributed by atoms with Gasteiger partial charge in [0.2, 0.25) is 9.70 Å². The maximum atomic E-state index is 12.7. The number of amides is 1. The number of esters is 1. The van der Waals surface area contributed by atoms with Gasteiger partial charge < -0.3 is 20.7 Å². The molecule has 0 radical (unpaired) electrons. The summed E-state index contributed by atoms with van der Waals surface area (Å²) in [5.74, 6) is -0.772. The summed E-state index contributed by atoms with van der Waals surface area (Å²) in [7, 11) is 0. The fourth-order valence-corrected chi connectivity index (χ4v) is 3.81. The van der Waals surface area contributed by atoms with Crippen molar-refractivity contribution in [3.63, 3.8) is 0 Å². The molecule has 36 heavy (non-hydrogen) atoms. The summed E-state index contributed by atoms with van der Waals surface area (Å²) >= 11 is 23.6. The van der Waals surface area contributed by atoms with Gasteiger partial charge in [-0.05, 0) is 60.1 Å². The molecule has 188 valence electrons. The molecule has 6 nitrogen and oxygen atoms in total. The van der Waals surface area contributed by atoms with Gasteiger partial charge in [-0.3, -0.25) is 4.79 Å². The van der Waals surface area contributed by atoms with Crippen molar-refractivity contribution >= 4 is 69.7 Å². The van der Waals surface area contributed by atoms with Crippen LogP contribution in [0.2, 0.25) is 0 Å². The molecule has 0 saturated heterocycles. The number of thiocarbonyl (C=S) groups is 1. The van der Waals surface area contributed by atoms with Crippen LogP contribution in [0.25, 0.3) is 11.1 Å². The zero-order valence-electron chi connectivity index (χ0n) is 19.3. The van der Waals surface area contributed by atoms with E-state index in [0.29, 0.717) is 11.3 Å². The summed E-state index contributed by atoms with van der Waals surface area (Å²) in [5, 5.41) is 8.53. The van der Waals surface area contributed by atoms with E-state index in [-0.39, 0.29) is 24.0 Å². The van der Waals surface area contributed by atoms with E-state index in [2.05, 4.69) is 16.0 Å². The van der Waals surface area contributed by atoms with E-state index >= 15 is 0 Å². The predicted octanol–water partition coefficient (Wildman–Crippen LogP) is 5.87. The average molecular weight is 565 g/mol. The van der Waals surface area contributed by atoms with Gasteiger partial charge in [-0.15, -0.1) is 0 Å². The minimum atomic E-state index is -1.88. The number of benzene rings is 3. The zero-order valence-corrected chi connectivity index (χ0v) is 22.3. The van der Waals surface area contributed by atoms with Crippen molar-refractivity contribution in [1.29, 1.82) is 0 Å². The molecular formula is C26H24Cl3N3O3S. The number of alkyl halides is 3. The monoisotopic (exact) mass is 563 g/mol. The first kappa shape index (κ1) is 27.7. The van der Waals surface area contributed by atoms with Crippen LogP contribution in [0.15, 0.2) is 78.9 Å². The fraction of sp³-hybridized carbons (Fsp3) is 0.192. The zero-order chi connectivity index (χ0) is 26.1. The van der Waals surface area contributed by atoms with Crippen molar-refractivity contribution in [2.24, 2.45) is 0 Å².